The van der Waals surface area contributed by atoms with Crippen molar-refractivity contribution in [2.24, 2.45) is 5.73 Å². The summed E-state index contributed by atoms with van der Waals surface area (Å²) in [6.07, 6.45) is 1.10. The van der Waals surface area contributed by atoms with Crippen molar-refractivity contribution in [3.63, 3.8) is 0 Å². The van der Waals surface area contributed by atoms with Gasteiger partial charge in [-0.05, 0) is 19.9 Å². The second-order valence-electron chi connectivity index (χ2n) is 1.49. The van der Waals surface area contributed by atoms with E-state index in [-0.39, 0.29) is 0 Å². The summed E-state index contributed by atoms with van der Waals surface area (Å²) in [4.78, 5) is 7.88. The Bertz CT molecular complexity index is 77.3. The minimum Gasteiger partial charge on any atom is -0.330 e. The fourth-order valence-electron chi connectivity index (χ4n) is 0.123. The molecule has 1 atom stereocenters. The molecule has 64 valence electrons. The van der Waals surface area contributed by atoms with Gasteiger partial charge >= 0.3 is 8.25 Å². The van der Waals surface area contributed by atoms with Crippen LogP contribution in [0.1, 0.15) is 20.3 Å². The SMILES string of the molecule is CCCN.CCO[PH](=O)O. The Morgan fingerprint density at radius 1 is 1.60 bits per heavy atom. The maximum Gasteiger partial charge on any atom is 0.316 e. The molecule has 0 aliphatic carbocycles. The highest BCUT2D eigenvalue weighted by atomic mass is 31.1. The lowest BCUT2D eigenvalue weighted by Gasteiger charge is -1.86. The molecule has 0 radical (unpaired) electrons. The fourth-order valence-corrected chi connectivity index (χ4v) is 0.370. The monoisotopic (exact) mass is 169 g/mol. The van der Waals surface area contributed by atoms with E-state index in [4.69, 9.17) is 10.6 Å². The van der Waals surface area contributed by atoms with Gasteiger partial charge in [-0.15, -0.1) is 0 Å². The van der Waals surface area contributed by atoms with Crippen LogP contribution < -0.4 is 5.73 Å². The lowest BCUT2D eigenvalue weighted by molar-refractivity contribution is 0.297. The second-order valence-corrected chi connectivity index (χ2v) is 2.31. The maximum atomic E-state index is 9.56. The molecule has 1 unspecified atom stereocenters. The molecule has 0 saturated carbocycles. The largest absolute Gasteiger partial charge is 0.330 e. The second kappa shape index (κ2) is 11.9. The number of rotatable bonds is 3. The quantitative estimate of drug-likeness (QED) is 0.612. The predicted octanol–water partition coefficient (Wildman–Crippen LogP) is 0.760. The Labute approximate surface area is 62.3 Å². The molecule has 0 bridgehead atoms. The van der Waals surface area contributed by atoms with E-state index in [1.54, 1.807) is 6.92 Å². The summed E-state index contributed by atoms with van der Waals surface area (Å²) in [7, 11) is -2.64. The molecule has 0 aromatic carbocycles. The van der Waals surface area contributed by atoms with Crippen molar-refractivity contribution in [3.8, 4) is 0 Å². The molecule has 0 saturated heterocycles. The highest BCUT2D eigenvalue weighted by molar-refractivity contribution is 7.32. The first-order valence-electron chi connectivity index (χ1n) is 3.24. The van der Waals surface area contributed by atoms with Crippen molar-refractivity contribution >= 4 is 8.25 Å². The molecule has 0 heterocycles. The third-order valence-corrected chi connectivity index (χ3v) is 1.09. The van der Waals surface area contributed by atoms with Crippen molar-refractivity contribution in [1.29, 1.82) is 0 Å². The van der Waals surface area contributed by atoms with Crippen molar-refractivity contribution < 1.29 is 14.0 Å². The van der Waals surface area contributed by atoms with Crippen LogP contribution in [0.2, 0.25) is 0 Å². The van der Waals surface area contributed by atoms with Crippen LogP contribution in [0, 0.1) is 0 Å². The van der Waals surface area contributed by atoms with Crippen molar-refractivity contribution in [1.82, 2.24) is 0 Å². The van der Waals surface area contributed by atoms with Gasteiger partial charge in [0.25, 0.3) is 0 Å². The van der Waals surface area contributed by atoms with Crippen molar-refractivity contribution in [2.45, 2.75) is 20.3 Å². The fraction of sp³-hybridized carbons (Fsp3) is 1.00. The van der Waals surface area contributed by atoms with Gasteiger partial charge in [0.15, 0.2) is 0 Å². The lowest BCUT2D eigenvalue weighted by atomic mass is 10.5. The average Bonchev–Trinajstić information content (AvgIpc) is 1.89. The van der Waals surface area contributed by atoms with Crippen molar-refractivity contribution in [2.75, 3.05) is 13.2 Å². The zero-order valence-electron chi connectivity index (χ0n) is 6.46. The van der Waals surface area contributed by atoms with E-state index in [0.29, 0.717) is 6.61 Å². The molecule has 0 aliphatic rings. The van der Waals surface area contributed by atoms with Crippen LogP contribution in [-0.2, 0) is 9.09 Å². The smallest absolute Gasteiger partial charge is 0.316 e. The van der Waals surface area contributed by atoms with Crippen molar-refractivity contribution in [3.05, 3.63) is 0 Å². The molecule has 4 nitrogen and oxygen atoms in total. The summed E-state index contributed by atoms with van der Waals surface area (Å²) in [5, 5.41) is 0. The van der Waals surface area contributed by atoms with Gasteiger partial charge in [0.05, 0.1) is 6.61 Å². The summed E-state index contributed by atoms with van der Waals surface area (Å²) >= 11 is 0. The first-order chi connectivity index (χ1) is 4.68. The number of hydrogen-bond donors (Lipinski definition) is 2. The van der Waals surface area contributed by atoms with Crippen LogP contribution in [-0.4, -0.2) is 18.0 Å². The van der Waals surface area contributed by atoms with Gasteiger partial charge in [-0.3, -0.25) is 4.57 Å². The van der Waals surface area contributed by atoms with Gasteiger partial charge < -0.3 is 15.2 Å². The average molecular weight is 169 g/mol. The molecule has 5 heteroatoms. The normalized spacial score (nSPS) is 11.6. The standard InChI is InChI=1S/C3H9N.C2H7O3P/c1-2-3-4;1-2-5-6(3)4/h2-4H2,1H3;6H,2H2,1H3,(H,3,4). The number of nitrogens with two attached hydrogens (primary N) is 1. The van der Waals surface area contributed by atoms with Gasteiger partial charge in [0.2, 0.25) is 0 Å². The molecule has 3 N–H and O–H groups in total. The zero-order chi connectivity index (χ0) is 8.41. The molecule has 0 aliphatic heterocycles. The number of hydrogen-bond acceptors (Lipinski definition) is 3. The molecular weight excluding hydrogens is 153 g/mol. The topological polar surface area (TPSA) is 72.5 Å². The highest BCUT2D eigenvalue weighted by Crippen LogP contribution is 2.12. The van der Waals surface area contributed by atoms with Crippen LogP contribution in [0.3, 0.4) is 0 Å². The van der Waals surface area contributed by atoms with Gasteiger partial charge in [-0.2, -0.15) is 0 Å². The van der Waals surface area contributed by atoms with E-state index in [1.165, 1.54) is 0 Å². The minimum absolute atomic E-state index is 0.314. The van der Waals surface area contributed by atoms with Crippen LogP contribution in [0.4, 0.5) is 0 Å². The summed E-state index contributed by atoms with van der Waals surface area (Å²) in [5.74, 6) is 0. The highest BCUT2D eigenvalue weighted by Gasteiger charge is 1.81. The minimum atomic E-state index is -2.64. The van der Waals surface area contributed by atoms with E-state index < -0.39 is 8.25 Å². The molecule has 0 aromatic rings. The maximum absolute atomic E-state index is 9.56. The zero-order valence-corrected chi connectivity index (χ0v) is 7.46. The molecule has 0 spiro atoms. The van der Waals surface area contributed by atoms with E-state index in [2.05, 4.69) is 11.4 Å². The molecule has 0 fully saturated rings. The first-order valence-corrected chi connectivity index (χ1v) is 4.51. The van der Waals surface area contributed by atoms with Gasteiger partial charge in [0, 0.05) is 0 Å². The Kier molecular flexibility index (Phi) is 15.1. The molecule has 10 heavy (non-hydrogen) atoms. The van der Waals surface area contributed by atoms with E-state index in [9.17, 15) is 4.57 Å². The van der Waals surface area contributed by atoms with Gasteiger partial charge in [-0.25, -0.2) is 0 Å². The van der Waals surface area contributed by atoms with E-state index >= 15 is 0 Å². The Morgan fingerprint density at radius 2 is 2.00 bits per heavy atom. The van der Waals surface area contributed by atoms with Gasteiger partial charge in [-0.1, -0.05) is 6.92 Å². The van der Waals surface area contributed by atoms with E-state index in [1.807, 2.05) is 0 Å². The van der Waals surface area contributed by atoms with Crippen LogP contribution in [0.5, 0.6) is 0 Å². The van der Waals surface area contributed by atoms with E-state index in [0.717, 1.165) is 13.0 Å². The third kappa shape index (κ3) is 24.3. The molecule has 0 amide bonds. The van der Waals surface area contributed by atoms with Gasteiger partial charge in [0.1, 0.15) is 0 Å². The summed E-state index contributed by atoms with van der Waals surface area (Å²) < 4.78 is 13.7. The Morgan fingerprint density at radius 3 is 2.00 bits per heavy atom. The van der Waals surface area contributed by atoms with Crippen LogP contribution >= 0.6 is 8.25 Å². The molecule has 0 rings (SSSR count). The predicted molar refractivity (Wildman–Crippen MR) is 42.2 cm³/mol. The Balaban J connectivity index is 0. The first kappa shape index (κ1) is 12.8. The third-order valence-electron chi connectivity index (χ3n) is 0.556. The Hall–Kier alpha value is 0.110. The molecule has 0 aromatic heterocycles. The summed E-state index contributed by atoms with van der Waals surface area (Å²) in [6, 6.07) is 0. The molecular formula is C5H16NO3P. The lowest BCUT2D eigenvalue weighted by Crippen LogP contribution is -1.93. The van der Waals surface area contributed by atoms with Crippen LogP contribution in [0.15, 0.2) is 0 Å². The summed E-state index contributed by atoms with van der Waals surface area (Å²) in [6.45, 7) is 4.85. The van der Waals surface area contributed by atoms with Crippen LogP contribution in [0.25, 0.3) is 0 Å². The summed E-state index contributed by atoms with van der Waals surface area (Å²) in [5.41, 5.74) is 5.03.